The zero-order chi connectivity index (χ0) is 15.3. The van der Waals surface area contributed by atoms with Crippen LogP contribution in [0.15, 0.2) is 30.3 Å². The minimum Gasteiger partial charge on any atom is -0.317 e. The van der Waals surface area contributed by atoms with E-state index in [4.69, 9.17) is 0 Å². The third-order valence-corrected chi connectivity index (χ3v) is 6.01. The molecule has 1 saturated heterocycles. The van der Waals surface area contributed by atoms with Gasteiger partial charge in [0.2, 0.25) is 0 Å². The van der Waals surface area contributed by atoms with Gasteiger partial charge in [-0.3, -0.25) is 0 Å². The maximum atomic E-state index is 12.7. The van der Waals surface area contributed by atoms with Crippen molar-refractivity contribution in [3.8, 4) is 0 Å². The molecular weight excluding hydrogens is 286 g/mol. The molecular formula is C15H25N3O2S. The van der Waals surface area contributed by atoms with Crippen LogP contribution in [0.1, 0.15) is 24.8 Å². The van der Waals surface area contributed by atoms with Gasteiger partial charge in [0, 0.05) is 26.7 Å². The van der Waals surface area contributed by atoms with E-state index < -0.39 is 10.2 Å². The first-order chi connectivity index (χ1) is 10.0. The summed E-state index contributed by atoms with van der Waals surface area (Å²) in [5, 5.41) is 3.32. The van der Waals surface area contributed by atoms with Gasteiger partial charge >= 0.3 is 0 Å². The highest BCUT2D eigenvalue weighted by molar-refractivity contribution is 7.86. The van der Waals surface area contributed by atoms with Crippen molar-refractivity contribution in [1.29, 1.82) is 0 Å². The number of nitrogens with one attached hydrogen (secondary N) is 1. The Bertz CT molecular complexity index is 525. The monoisotopic (exact) mass is 311 g/mol. The standard InChI is InChI=1S/C15H25N3O2S/c1-17(13-14-7-4-3-5-8-14)21(19,20)18(2)15-9-6-11-16-12-10-15/h3-5,7-8,15-16H,6,9-13H2,1-2H3. The fourth-order valence-corrected chi connectivity index (χ4v) is 4.03. The third kappa shape index (κ3) is 4.26. The molecule has 6 heteroatoms. The van der Waals surface area contributed by atoms with Gasteiger partial charge in [-0.2, -0.15) is 17.0 Å². The molecule has 1 N–H and O–H groups in total. The molecule has 1 fully saturated rings. The Labute approximate surface area is 128 Å². The number of rotatable bonds is 5. The van der Waals surface area contributed by atoms with E-state index in [-0.39, 0.29) is 6.04 Å². The molecule has 1 aliphatic heterocycles. The fourth-order valence-electron chi connectivity index (χ4n) is 2.69. The van der Waals surface area contributed by atoms with Crippen LogP contribution in [-0.4, -0.2) is 50.3 Å². The first kappa shape index (κ1) is 16.4. The molecule has 0 amide bonds. The van der Waals surface area contributed by atoms with Crippen LogP contribution >= 0.6 is 0 Å². The van der Waals surface area contributed by atoms with Gasteiger partial charge in [0.25, 0.3) is 10.2 Å². The van der Waals surface area contributed by atoms with Crippen molar-refractivity contribution in [2.24, 2.45) is 0 Å². The molecule has 1 unspecified atom stereocenters. The predicted octanol–water partition coefficient (Wildman–Crippen LogP) is 1.44. The van der Waals surface area contributed by atoms with Crippen molar-refractivity contribution >= 4 is 10.2 Å². The van der Waals surface area contributed by atoms with Gasteiger partial charge in [-0.15, -0.1) is 0 Å². The SMILES string of the molecule is CN(Cc1ccccc1)S(=O)(=O)N(C)C1CCCNCC1. The van der Waals surface area contributed by atoms with Crippen LogP contribution in [0.3, 0.4) is 0 Å². The minimum atomic E-state index is -3.41. The van der Waals surface area contributed by atoms with Gasteiger partial charge in [0.1, 0.15) is 0 Å². The molecule has 21 heavy (non-hydrogen) atoms. The highest BCUT2D eigenvalue weighted by atomic mass is 32.2. The second-order valence-corrected chi connectivity index (χ2v) is 7.70. The lowest BCUT2D eigenvalue weighted by Gasteiger charge is -2.30. The smallest absolute Gasteiger partial charge is 0.282 e. The molecule has 1 aromatic rings. The number of benzene rings is 1. The van der Waals surface area contributed by atoms with E-state index in [9.17, 15) is 8.42 Å². The summed E-state index contributed by atoms with van der Waals surface area (Å²) in [6, 6.07) is 9.77. The van der Waals surface area contributed by atoms with Gasteiger partial charge in [0.05, 0.1) is 0 Å². The van der Waals surface area contributed by atoms with E-state index in [0.29, 0.717) is 6.54 Å². The maximum Gasteiger partial charge on any atom is 0.282 e. The molecule has 118 valence electrons. The largest absolute Gasteiger partial charge is 0.317 e. The second kappa shape index (κ2) is 7.35. The van der Waals surface area contributed by atoms with Crippen LogP contribution in [0, 0.1) is 0 Å². The Morgan fingerprint density at radius 1 is 1.14 bits per heavy atom. The number of hydrogen-bond donors (Lipinski definition) is 1. The molecule has 0 aromatic heterocycles. The average molecular weight is 311 g/mol. The lowest BCUT2D eigenvalue weighted by molar-refractivity contribution is 0.310. The first-order valence-corrected chi connectivity index (χ1v) is 8.85. The predicted molar refractivity (Wildman–Crippen MR) is 85.1 cm³/mol. The van der Waals surface area contributed by atoms with Gasteiger partial charge < -0.3 is 5.32 Å². The molecule has 1 heterocycles. The van der Waals surface area contributed by atoms with Crippen LogP contribution < -0.4 is 5.32 Å². The van der Waals surface area contributed by atoms with Crippen LogP contribution in [-0.2, 0) is 16.8 Å². The Morgan fingerprint density at radius 3 is 2.57 bits per heavy atom. The topological polar surface area (TPSA) is 52.7 Å². The third-order valence-electron chi connectivity index (χ3n) is 4.07. The summed E-state index contributed by atoms with van der Waals surface area (Å²) in [5.41, 5.74) is 1.000. The van der Waals surface area contributed by atoms with Crippen molar-refractivity contribution in [3.63, 3.8) is 0 Å². The molecule has 1 aliphatic rings. The Morgan fingerprint density at radius 2 is 1.86 bits per heavy atom. The lowest BCUT2D eigenvalue weighted by Crippen LogP contribution is -2.45. The maximum absolute atomic E-state index is 12.7. The molecule has 0 spiro atoms. The second-order valence-electron chi connectivity index (χ2n) is 5.60. The fraction of sp³-hybridized carbons (Fsp3) is 0.600. The van der Waals surface area contributed by atoms with Crippen LogP contribution in [0.5, 0.6) is 0 Å². The van der Waals surface area contributed by atoms with Crippen molar-refractivity contribution in [1.82, 2.24) is 13.9 Å². The van der Waals surface area contributed by atoms with E-state index >= 15 is 0 Å². The summed E-state index contributed by atoms with van der Waals surface area (Å²) >= 11 is 0. The normalized spacial score (nSPS) is 20.7. The molecule has 0 bridgehead atoms. The highest BCUT2D eigenvalue weighted by Gasteiger charge is 2.30. The summed E-state index contributed by atoms with van der Waals surface area (Å²) in [7, 11) is -0.0663. The highest BCUT2D eigenvalue weighted by Crippen LogP contribution is 2.18. The van der Waals surface area contributed by atoms with E-state index in [2.05, 4.69) is 5.32 Å². The quantitative estimate of drug-likeness (QED) is 0.895. The Balaban J connectivity index is 2.05. The van der Waals surface area contributed by atoms with Gasteiger partial charge in [-0.25, -0.2) is 0 Å². The molecule has 0 saturated carbocycles. The zero-order valence-electron chi connectivity index (χ0n) is 12.8. The van der Waals surface area contributed by atoms with E-state index in [1.165, 1.54) is 4.31 Å². The van der Waals surface area contributed by atoms with E-state index in [1.807, 2.05) is 30.3 Å². The van der Waals surface area contributed by atoms with Crippen molar-refractivity contribution in [2.75, 3.05) is 27.2 Å². The molecule has 1 aromatic carbocycles. The summed E-state index contributed by atoms with van der Waals surface area (Å²) in [6.07, 6.45) is 2.81. The molecule has 2 rings (SSSR count). The molecule has 0 radical (unpaired) electrons. The van der Waals surface area contributed by atoms with Gasteiger partial charge in [0.15, 0.2) is 0 Å². The van der Waals surface area contributed by atoms with Gasteiger partial charge in [-0.05, 0) is 37.9 Å². The average Bonchev–Trinajstić information content (AvgIpc) is 2.76. The summed E-state index contributed by atoms with van der Waals surface area (Å²) in [5.74, 6) is 0. The lowest BCUT2D eigenvalue weighted by atomic mass is 10.1. The molecule has 5 nitrogen and oxygen atoms in total. The first-order valence-electron chi connectivity index (χ1n) is 7.46. The Hall–Kier alpha value is -0.950. The number of nitrogens with zero attached hydrogens (tertiary/aromatic N) is 2. The van der Waals surface area contributed by atoms with Crippen molar-refractivity contribution < 1.29 is 8.42 Å². The Kier molecular flexibility index (Phi) is 5.75. The number of hydrogen-bond acceptors (Lipinski definition) is 3. The van der Waals surface area contributed by atoms with Crippen molar-refractivity contribution in [2.45, 2.75) is 31.8 Å². The zero-order valence-corrected chi connectivity index (χ0v) is 13.6. The summed E-state index contributed by atoms with van der Waals surface area (Å²) in [6.45, 7) is 2.26. The summed E-state index contributed by atoms with van der Waals surface area (Å²) in [4.78, 5) is 0. The van der Waals surface area contributed by atoms with Gasteiger partial charge in [-0.1, -0.05) is 30.3 Å². The van der Waals surface area contributed by atoms with Crippen LogP contribution in [0.25, 0.3) is 0 Å². The minimum absolute atomic E-state index is 0.0863. The van der Waals surface area contributed by atoms with E-state index in [1.54, 1.807) is 18.4 Å². The van der Waals surface area contributed by atoms with Crippen molar-refractivity contribution in [3.05, 3.63) is 35.9 Å². The van der Waals surface area contributed by atoms with Crippen LogP contribution in [0.4, 0.5) is 0 Å². The summed E-state index contributed by atoms with van der Waals surface area (Å²) < 4.78 is 28.3. The van der Waals surface area contributed by atoms with Crippen LogP contribution in [0.2, 0.25) is 0 Å². The van der Waals surface area contributed by atoms with E-state index in [0.717, 1.165) is 37.9 Å². The molecule has 1 atom stereocenters. The molecule has 0 aliphatic carbocycles.